The van der Waals surface area contributed by atoms with Crippen LogP contribution in [0.25, 0.3) is 0 Å². The molecule has 0 fully saturated rings. The number of ether oxygens (including phenoxy) is 2. The van der Waals surface area contributed by atoms with Gasteiger partial charge in [-0.15, -0.1) is 6.42 Å². The zero-order valence-electron chi connectivity index (χ0n) is 32.1. The maximum atomic E-state index is 7.07. The minimum absolute atomic E-state index is 0.0113. The molecule has 0 N–H and O–H groups in total. The number of para-hydroxylation sites is 2. The van der Waals surface area contributed by atoms with E-state index in [1.165, 1.54) is 0 Å². The van der Waals surface area contributed by atoms with Crippen molar-refractivity contribution in [3.8, 4) is 23.8 Å². The third-order valence-electron chi connectivity index (χ3n) is 10.7. The highest BCUT2D eigenvalue weighted by molar-refractivity contribution is 6.88. The molecule has 3 atom stereocenters. The number of hydrogen-bond donors (Lipinski definition) is 0. The molecule has 0 radical (unpaired) electrons. The van der Waals surface area contributed by atoms with Gasteiger partial charge in [0.1, 0.15) is 23.4 Å². The minimum atomic E-state index is -0.262. The number of terminal acetylenes is 1. The van der Waals surface area contributed by atoms with Crippen LogP contribution in [0, 0.1) is 12.3 Å². The van der Waals surface area contributed by atoms with E-state index < -0.39 is 0 Å². The molecule has 4 aromatic carbocycles. The fourth-order valence-corrected chi connectivity index (χ4v) is 8.21. The second-order valence-corrected chi connectivity index (χ2v) is 14.2. The van der Waals surface area contributed by atoms with Crippen molar-refractivity contribution >= 4 is 40.4 Å². The first kappa shape index (κ1) is 36.3. The minimum Gasteiger partial charge on any atom is -0.487 e. The molecule has 4 aromatic rings. The SMILES string of the molecule is C#C/C=C\C(=C/C)C1=CC2Oc3cc(N(C4=CC=CCC=C4)c4ccccc4)ccc3B3c4ccc(N(c5ccccc5)C(C)/C=C\C=C/C)cc4OC(=C1)C32. The Hall–Kier alpha value is -6.64. The Kier molecular flexibility index (Phi) is 10.6. The molecule has 274 valence electrons. The van der Waals surface area contributed by atoms with E-state index in [1.807, 2.05) is 26.0 Å². The van der Waals surface area contributed by atoms with E-state index in [2.05, 4.69) is 187 Å². The number of rotatable bonds is 10. The number of allylic oxidation sites excluding steroid dienone is 14. The van der Waals surface area contributed by atoms with Crippen molar-refractivity contribution in [2.75, 3.05) is 9.80 Å². The zero-order chi connectivity index (χ0) is 38.4. The maximum absolute atomic E-state index is 7.07. The zero-order valence-corrected chi connectivity index (χ0v) is 32.1. The fraction of sp³-hybridized carbons (Fsp3) is 0.137. The summed E-state index contributed by atoms with van der Waals surface area (Å²) < 4.78 is 14.1. The van der Waals surface area contributed by atoms with Crippen LogP contribution in [0.3, 0.4) is 0 Å². The van der Waals surface area contributed by atoms with Gasteiger partial charge in [0.05, 0.1) is 0 Å². The first-order valence-electron chi connectivity index (χ1n) is 19.5. The lowest BCUT2D eigenvalue weighted by atomic mass is 9.30. The average molecular weight is 729 g/mol. The summed E-state index contributed by atoms with van der Waals surface area (Å²) in [5.41, 5.74) is 9.70. The molecule has 56 heavy (non-hydrogen) atoms. The first-order valence-corrected chi connectivity index (χ1v) is 19.5. The van der Waals surface area contributed by atoms with Gasteiger partial charge < -0.3 is 19.3 Å². The molecule has 0 amide bonds. The summed E-state index contributed by atoms with van der Waals surface area (Å²) in [5, 5.41) is 0. The van der Waals surface area contributed by atoms with Gasteiger partial charge in [-0.25, -0.2) is 0 Å². The van der Waals surface area contributed by atoms with Crippen molar-refractivity contribution in [1.82, 2.24) is 0 Å². The Labute approximate surface area is 332 Å². The molecule has 2 aliphatic heterocycles. The third kappa shape index (κ3) is 7.15. The van der Waals surface area contributed by atoms with Crippen LogP contribution in [0.4, 0.5) is 22.7 Å². The molecule has 0 saturated carbocycles. The highest BCUT2D eigenvalue weighted by Gasteiger charge is 2.50. The highest BCUT2D eigenvalue weighted by Crippen LogP contribution is 2.46. The molecule has 4 nitrogen and oxygen atoms in total. The van der Waals surface area contributed by atoms with E-state index in [1.54, 1.807) is 6.08 Å². The third-order valence-corrected chi connectivity index (χ3v) is 10.7. The van der Waals surface area contributed by atoms with Gasteiger partial charge in [-0.05, 0) is 122 Å². The molecule has 8 rings (SSSR count). The number of anilines is 4. The van der Waals surface area contributed by atoms with Gasteiger partial charge in [0, 0.05) is 52.4 Å². The molecule has 2 heterocycles. The quantitative estimate of drug-likeness (QED) is 0.0922. The smallest absolute Gasteiger partial charge is 0.234 e. The molecule has 5 heteroatoms. The van der Waals surface area contributed by atoms with E-state index >= 15 is 0 Å². The van der Waals surface area contributed by atoms with Gasteiger partial charge in [-0.1, -0.05) is 103 Å². The number of nitrogens with zero attached hydrogens (tertiary/aromatic N) is 2. The van der Waals surface area contributed by atoms with Crippen LogP contribution in [-0.4, -0.2) is 18.9 Å². The van der Waals surface area contributed by atoms with Gasteiger partial charge in [0.15, 0.2) is 0 Å². The highest BCUT2D eigenvalue weighted by atomic mass is 16.5. The van der Waals surface area contributed by atoms with Crippen LogP contribution >= 0.6 is 0 Å². The monoisotopic (exact) mass is 728 g/mol. The van der Waals surface area contributed by atoms with Crippen molar-refractivity contribution in [2.45, 2.75) is 45.2 Å². The van der Waals surface area contributed by atoms with Crippen LogP contribution in [-0.2, 0) is 0 Å². The second kappa shape index (κ2) is 16.4. The summed E-state index contributed by atoms with van der Waals surface area (Å²) in [6, 6.07) is 34.6. The van der Waals surface area contributed by atoms with Crippen molar-refractivity contribution in [2.24, 2.45) is 0 Å². The van der Waals surface area contributed by atoms with Crippen molar-refractivity contribution in [1.29, 1.82) is 0 Å². The molecule has 4 aliphatic rings. The maximum Gasteiger partial charge on any atom is 0.234 e. The first-order chi connectivity index (χ1) is 27.6. The fourth-order valence-electron chi connectivity index (χ4n) is 8.21. The van der Waals surface area contributed by atoms with E-state index in [4.69, 9.17) is 15.9 Å². The molecule has 0 aromatic heterocycles. The molecule has 0 spiro atoms. The normalized spacial score (nSPS) is 18.8. The van der Waals surface area contributed by atoms with Crippen molar-refractivity contribution < 1.29 is 9.47 Å². The Bertz CT molecular complexity index is 2420. The predicted molar refractivity (Wildman–Crippen MR) is 236 cm³/mol. The molecule has 0 bridgehead atoms. The summed E-state index contributed by atoms with van der Waals surface area (Å²) in [5.74, 6) is 5.22. The Morgan fingerprint density at radius 3 is 2.34 bits per heavy atom. The number of hydrogen-bond acceptors (Lipinski definition) is 4. The summed E-state index contributed by atoms with van der Waals surface area (Å²) in [6.45, 7) is 6.30. The topological polar surface area (TPSA) is 24.9 Å². The van der Waals surface area contributed by atoms with Crippen LogP contribution in [0.15, 0.2) is 205 Å². The lowest BCUT2D eigenvalue weighted by Crippen LogP contribution is -2.58. The lowest BCUT2D eigenvalue weighted by Gasteiger charge is -2.44. The van der Waals surface area contributed by atoms with Crippen LogP contribution in [0.1, 0.15) is 27.2 Å². The number of benzene rings is 4. The Balaban J connectivity index is 1.28. The Morgan fingerprint density at radius 1 is 0.857 bits per heavy atom. The van der Waals surface area contributed by atoms with E-state index in [9.17, 15) is 0 Å². The van der Waals surface area contributed by atoms with E-state index in [0.29, 0.717) is 0 Å². The predicted octanol–water partition coefficient (Wildman–Crippen LogP) is 11.0. The summed E-state index contributed by atoms with van der Waals surface area (Å²) >= 11 is 0. The van der Waals surface area contributed by atoms with Crippen LogP contribution in [0.5, 0.6) is 11.5 Å². The Morgan fingerprint density at radius 2 is 1.59 bits per heavy atom. The van der Waals surface area contributed by atoms with Gasteiger partial charge in [-0.3, -0.25) is 0 Å². The van der Waals surface area contributed by atoms with Gasteiger partial charge in [-0.2, -0.15) is 0 Å². The van der Waals surface area contributed by atoms with Gasteiger partial charge in [0.2, 0.25) is 6.71 Å². The second-order valence-electron chi connectivity index (χ2n) is 14.2. The van der Waals surface area contributed by atoms with Crippen molar-refractivity contribution in [3.05, 3.63) is 205 Å². The molecule has 0 saturated heterocycles. The van der Waals surface area contributed by atoms with Gasteiger partial charge >= 0.3 is 0 Å². The molecule has 3 unspecified atom stereocenters. The lowest BCUT2D eigenvalue weighted by molar-refractivity contribution is 0.218. The molecule has 2 aliphatic carbocycles. The van der Waals surface area contributed by atoms with Crippen LogP contribution in [0.2, 0.25) is 5.82 Å². The molecular formula is C51H45BN2O2. The average Bonchev–Trinajstić information content (AvgIpc) is 3.51. The number of fused-ring (bicyclic) bond motifs is 4. The summed E-state index contributed by atoms with van der Waals surface area (Å²) in [7, 11) is 0. The van der Waals surface area contributed by atoms with Crippen molar-refractivity contribution in [3.63, 3.8) is 0 Å². The van der Waals surface area contributed by atoms with Crippen LogP contribution < -0.4 is 30.2 Å². The molecular weight excluding hydrogens is 683 g/mol. The largest absolute Gasteiger partial charge is 0.487 e. The summed E-state index contributed by atoms with van der Waals surface area (Å²) in [4.78, 5) is 4.65. The van der Waals surface area contributed by atoms with E-state index in [0.717, 1.165) is 74.2 Å². The standard InChI is InChI=1S/C51H45BN2O2/c1-5-8-14-21-37(4)53(40-23-17-12-18-24-40)43-29-31-45-47(35-43)55-49-33-39(38(7-3)22-9-6-2)34-50-51(49)52(45)46-32-30-44(36-48(46)56-50)54(42-27-19-13-20-28-42)41-25-15-10-11-16-26-41/h2,5,7-10,12-37,50-51H,11H2,1,3-4H3/b8-5-,21-14-,22-9-,38-7+. The van der Waals surface area contributed by atoms with Gasteiger partial charge in [0.25, 0.3) is 0 Å². The van der Waals surface area contributed by atoms with E-state index in [-0.39, 0.29) is 24.7 Å². The summed E-state index contributed by atoms with van der Waals surface area (Å²) in [6.07, 6.45) is 35.8.